The molecule has 1 unspecified atom stereocenters. The molecule has 0 aliphatic heterocycles. The van der Waals surface area contributed by atoms with Gasteiger partial charge in [0.25, 0.3) is 0 Å². The molecule has 24 heavy (non-hydrogen) atoms. The number of allylic oxidation sites excluding steroid dienone is 8. The van der Waals surface area contributed by atoms with Crippen LogP contribution in [-0.4, -0.2) is 15.4 Å². The Balaban J connectivity index is 4.62. The van der Waals surface area contributed by atoms with Crippen molar-refractivity contribution >= 4 is 7.60 Å². The highest BCUT2D eigenvalue weighted by molar-refractivity contribution is 7.52. The minimum absolute atomic E-state index is 0.390. The maximum atomic E-state index is 11.6. The molecule has 0 bridgehead atoms. The third kappa shape index (κ3) is 12.5. The van der Waals surface area contributed by atoms with Crippen molar-refractivity contribution in [2.24, 2.45) is 0 Å². The first-order chi connectivity index (χ1) is 11.0. The van der Waals surface area contributed by atoms with Gasteiger partial charge in [-0.25, -0.2) is 0 Å². The maximum absolute atomic E-state index is 11.6. The van der Waals surface area contributed by atoms with Crippen molar-refractivity contribution in [2.45, 2.75) is 79.3 Å². The predicted molar refractivity (Wildman–Crippen MR) is 105 cm³/mol. The van der Waals surface area contributed by atoms with Gasteiger partial charge in [-0.1, -0.05) is 46.6 Å². The lowest BCUT2D eigenvalue weighted by Gasteiger charge is -2.14. The average molecular weight is 354 g/mol. The van der Waals surface area contributed by atoms with Crippen LogP contribution in [0.3, 0.4) is 0 Å². The summed E-state index contributed by atoms with van der Waals surface area (Å²) >= 11 is 0. The van der Waals surface area contributed by atoms with E-state index in [1.54, 1.807) is 6.08 Å². The third-order valence-electron chi connectivity index (χ3n) is 3.80. The van der Waals surface area contributed by atoms with Gasteiger partial charge in [0.15, 0.2) is 0 Å². The highest BCUT2D eigenvalue weighted by Gasteiger charge is 2.25. The van der Waals surface area contributed by atoms with E-state index in [0.717, 1.165) is 36.8 Å². The summed E-state index contributed by atoms with van der Waals surface area (Å²) in [5.41, 5.74) is 4.13. The Hall–Kier alpha value is -0.890. The predicted octanol–water partition coefficient (Wildman–Crippen LogP) is 6.31. The van der Waals surface area contributed by atoms with Gasteiger partial charge in [0.05, 0.1) is 5.66 Å². The summed E-state index contributed by atoms with van der Waals surface area (Å²) in [5.74, 6) is 0. The fourth-order valence-corrected chi connectivity index (χ4v) is 3.14. The number of rotatable bonds is 10. The standard InChI is InChI=1S/C20H35O3P/c1-16(2)9-7-10-18(5)11-8-12-19(6)15-20(24(21,22)23)14-13-17(3)4/h9,11,13,15,20H,7-8,10,12,14H2,1-6H3,(H2,21,22,23)/b18-11+,19-15+. The lowest BCUT2D eigenvalue weighted by molar-refractivity contribution is 0.364. The van der Waals surface area contributed by atoms with Crippen LogP contribution in [0.1, 0.15) is 73.6 Å². The van der Waals surface area contributed by atoms with E-state index in [4.69, 9.17) is 0 Å². The zero-order valence-electron chi connectivity index (χ0n) is 16.2. The van der Waals surface area contributed by atoms with E-state index >= 15 is 0 Å². The molecule has 0 radical (unpaired) electrons. The van der Waals surface area contributed by atoms with Gasteiger partial charge in [-0.3, -0.25) is 4.57 Å². The molecule has 0 aliphatic rings. The summed E-state index contributed by atoms with van der Waals surface area (Å²) in [7, 11) is -4.10. The quantitative estimate of drug-likeness (QED) is 0.357. The van der Waals surface area contributed by atoms with Crippen molar-refractivity contribution in [2.75, 3.05) is 0 Å². The van der Waals surface area contributed by atoms with Gasteiger partial charge >= 0.3 is 7.60 Å². The molecule has 0 aromatic carbocycles. The Kier molecular flexibility index (Phi) is 11.2. The second-order valence-electron chi connectivity index (χ2n) is 7.10. The van der Waals surface area contributed by atoms with Crippen molar-refractivity contribution in [1.82, 2.24) is 0 Å². The van der Waals surface area contributed by atoms with Gasteiger partial charge in [0.1, 0.15) is 0 Å². The molecule has 0 amide bonds. The summed E-state index contributed by atoms with van der Waals surface area (Å²) in [6.45, 7) is 12.2. The van der Waals surface area contributed by atoms with Gasteiger partial charge in [-0.2, -0.15) is 0 Å². The topological polar surface area (TPSA) is 57.5 Å². The molecule has 0 saturated heterocycles. The summed E-state index contributed by atoms with van der Waals surface area (Å²) < 4.78 is 11.6. The van der Waals surface area contributed by atoms with Crippen LogP contribution in [0, 0.1) is 0 Å². The van der Waals surface area contributed by atoms with Crippen LogP contribution < -0.4 is 0 Å². The minimum atomic E-state index is -4.10. The monoisotopic (exact) mass is 354 g/mol. The van der Waals surface area contributed by atoms with Crippen LogP contribution in [0.2, 0.25) is 0 Å². The molecule has 138 valence electrons. The largest absolute Gasteiger partial charge is 0.332 e. The van der Waals surface area contributed by atoms with Crippen molar-refractivity contribution in [3.8, 4) is 0 Å². The molecule has 3 nitrogen and oxygen atoms in total. The van der Waals surface area contributed by atoms with Gasteiger partial charge in [-0.15, -0.1) is 0 Å². The average Bonchev–Trinajstić information content (AvgIpc) is 2.41. The van der Waals surface area contributed by atoms with Crippen molar-refractivity contribution in [3.63, 3.8) is 0 Å². The van der Waals surface area contributed by atoms with E-state index in [1.165, 1.54) is 11.1 Å². The summed E-state index contributed by atoms with van der Waals surface area (Å²) in [6.07, 6.45) is 12.4. The highest BCUT2D eigenvalue weighted by atomic mass is 31.2. The maximum Gasteiger partial charge on any atom is 0.332 e. The summed E-state index contributed by atoms with van der Waals surface area (Å²) in [5, 5.41) is 0. The SMILES string of the molecule is CC(C)=CCC/C(C)=C/CC/C(C)=C/C(CC=C(C)C)P(=O)(O)O. The van der Waals surface area contributed by atoms with Gasteiger partial charge in [0.2, 0.25) is 0 Å². The Labute approximate surface area is 148 Å². The fourth-order valence-electron chi connectivity index (χ4n) is 2.31. The van der Waals surface area contributed by atoms with Crippen molar-refractivity contribution in [3.05, 3.63) is 46.6 Å². The van der Waals surface area contributed by atoms with E-state index in [2.05, 4.69) is 32.9 Å². The van der Waals surface area contributed by atoms with Crippen molar-refractivity contribution < 1.29 is 14.4 Å². The zero-order valence-corrected chi connectivity index (χ0v) is 17.1. The Morgan fingerprint density at radius 3 is 1.83 bits per heavy atom. The highest BCUT2D eigenvalue weighted by Crippen LogP contribution is 2.44. The molecule has 0 aromatic heterocycles. The third-order valence-corrected chi connectivity index (χ3v) is 5.02. The van der Waals surface area contributed by atoms with Crippen LogP contribution in [0.4, 0.5) is 0 Å². The molecular weight excluding hydrogens is 319 g/mol. The molecule has 0 aromatic rings. The lowest BCUT2D eigenvalue weighted by Crippen LogP contribution is -2.05. The van der Waals surface area contributed by atoms with Crippen LogP contribution in [0.15, 0.2) is 46.6 Å². The zero-order chi connectivity index (χ0) is 18.8. The smallest absolute Gasteiger partial charge is 0.324 e. The first-order valence-electron chi connectivity index (χ1n) is 8.67. The van der Waals surface area contributed by atoms with Gasteiger partial charge in [-0.05, 0) is 73.6 Å². The van der Waals surface area contributed by atoms with E-state index in [9.17, 15) is 14.4 Å². The first kappa shape index (κ1) is 23.1. The van der Waals surface area contributed by atoms with Crippen LogP contribution in [0.25, 0.3) is 0 Å². The van der Waals surface area contributed by atoms with Gasteiger partial charge < -0.3 is 9.79 Å². The van der Waals surface area contributed by atoms with E-state index in [-0.39, 0.29) is 0 Å². The van der Waals surface area contributed by atoms with Crippen LogP contribution in [-0.2, 0) is 4.57 Å². The molecule has 4 heteroatoms. The molecular formula is C20H35O3P. The van der Waals surface area contributed by atoms with Crippen LogP contribution >= 0.6 is 7.60 Å². The molecule has 0 heterocycles. The Morgan fingerprint density at radius 2 is 1.33 bits per heavy atom. The minimum Gasteiger partial charge on any atom is -0.324 e. The first-order valence-corrected chi connectivity index (χ1v) is 10.4. The number of hydrogen-bond acceptors (Lipinski definition) is 1. The molecule has 0 aliphatic carbocycles. The molecule has 0 rings (SSSR count). The molecule has 0 spiro atoms. The molecule has 2 N–H and O–H groups in total. The van der Waals surface area contributed by atoms with Crippen LogP contribution in [0.5, 0.6) is 0 Å². The van der Waals surface area contributed by atoms with E-state index in [1.807, 2.05) is 26.8 Å². The van der Waals surface area contributed by atoms with Crippen molar-refractivity contribution in [1.29, 1.82) is 0 Å². The normalized spacial score (nSPS) is 14.3. The second-order valence-corrected chi connectivity index (χ2v) is 8.94. The lowest BCUT2D eigenvalue weighted by atomic mass is 10.1. The Bertz CT molecular complexity index is 539. The van der Waals surface area contributed by atoms with E-state index < -0.39 is 13.3 Å². The Morgan fingerprint density at radius 1 is 0.833 bits per heavy atom. The van der Waals surface area contributed by atoms with E-state index in [0.29, 0.717) is 6.42 Å². The molecule has 1 atom stereocenters. The van der Waals surface area contributed by atoms with Gasteiger partial charge in [0, 0.05) is 0 Å². The fraction of sp³-hybridized carbons (Fsp3) is 0.600. The molecule has 0 fully saturated rings. The molecule has 0 saturated carbocycles. The second kappa shape index (κ2) is 11.6. The summed E-state index contributed by atoms with van der Waals surface area (Å²) in [4.78, 5) is 19.0. The number of hydrogen-bond donors (Lipinski definition) is 2. The summed E-state index contributed by atoms with van der Waals surface area (Å²) in [6, 6.07) is 0.